The summed E-state index contributed by atoms with van der Waals surface area (Å²) in [6, 6.07) is 0. The normalized spacial score (nSPS) is 12.2. The fraction of sp³-hybridized carbons (Fsp3) is 0.889. The Labute approximate surface area is 136 Å². The van der Waals surface area contributed by atoms with Crippen molar-refractivity contribution in [3.63, 3.8) is 0 Å². The lowest BCUT2D eigenvalue weighted by atomic mass is 9.96. The highest BCUT2D eigenvalue weighted by Crippen LogP contribution is 2.16. The Morgan fingerprint density at radius 1 is 0.727 bits per heavy atom. The van der Waals surface area contributed by atoms with Crippen molar-refractivity contribution in [1.82, 2.24) is 0 Å². The van der Waals surface area contributed by atoms with E-state index in [-0.39, 0.29) is 12.3 Å². The Morgan fingerprint density at radius 2 is 1.14 bits per heavy atom. The van der Waals surface area contributed by atoms with Gasteiger partial charge in [0.05, 0.1) is 0 Å². The number of primary amides is 2. The molecule has 4 nitrogen and oxygen atoms in total. The predicted octanol–water partition coefficient (Wildman–Crippen LogP) is 4.05. The molecule has 4 N–H and O–H groups in total. The first kappa shape index (κ1) is 20.9. The molecule has 0 rings (SSSR count). The maximum Gasteiger partial charge on any atom is 0.221 e. The van der Waals surface area contributed by atoms with Gasteiger partial charge in [-0.3, -0.25) is 9.59 Å². The van der Waals surface area contributed by atoms with Crippen LogP contribution in [0, 0.1) is 5.92 Å². The number of carbonyl (C=O) groups excluding carboxylic acids is 2. The molecule has 0 aromatic rings. The molecule has 22 heavy (non-hydrogen) atoms. The predicted molar refractivity (Wildman–Crippen MR) is 92.2 cm³/mol. The molecule has 2 amide bonds. The summed E-state index contributed by atoms with van der Waals surface area (Å²) in [6.07, 6.45) is 16.2. The number of hydrogen-bond donors (Lipinski definition) is 2. The third-order valence-corrected chi connectivity index (χ3v) is 4.26. The summed E-state index contributed by atoms with van der Waals surface area (Å²) < 4.78 is 0. The van der Waals surface area contributed by atoms with Crippen LogP contribution in [-0.2, 0) is 9.59 Å². The first-order chi connectivity index (χ1) is 10.6. The molecule has 130 valence electrons. The summed E-state index contributed by atoms with van der Waals surface area (Å²) in [6.45, 7) is 2.25. The number of hydrogen-bond acceptors (Lipinski definition) is 2. The molecule has 0 bridgehead atoms. The lowest BCUT2D eigenvalue weighted by molar-refractivity contribution is -0.127. The second-order valence-corrected chi connectivity index (χ2v) is 6.45. The van der Waals surface area contributed by atoms with Gasteiger partial charge in [-0.2, -0.15) is 0 Å². The van der Waals surface area contributed by atoms with Crippen LogP contribution in [0.5, 0.6) is 0 Å². The Bertz CT molecular complexity index is 293. The first-order valence-corrected chi connectivity index (χ1v) is 9.15. The molecule has 0 spiro atoms. The minimum Gasteiger partial charge on any atom is -0.370 e. The van der Waals surface area contributed by atoms with E-state index in [1.807, 2.05) is 0 Å². The maximum absolute atomic E-state index is 11.2. The van der Waals surface area contributed by atoms with Crippen LogP contribution in [0.3, 0.4) is 0 Å². The molecule has 1 unspecified atom stereocenters. The summed E-state index contributed by atoms with van der Waals surface area (Å²) in [7, 11) is 0. The average molecular weight is 312 g/mol. The van der Waals surface area contributed by atoms with Crippen molar-refractivity contribution >= 4 is 11.8 Å². The van der Waals surface area contributed by atoms with Crippen LogP contribution in [-0.4, -0.2) is 11.8 Å². The van der Waals surface area contributed by atoms with Gasteiger partial charge < -0.3 is 11.5 Å². The minimum absolute atomic E-state index is 0.0906. The van der Waals surface area contributed by atoms with E-state index in [9.17, 15) is 9.59 Å². The molecule has 0 fully saturated rings. The van der Waals surface area contributed by atoms with Crippen molar-refractivity contribution in [1.29, 1.82) is 0 Å². The van der Waals surface area contributed by atoms with Crippen LogP contribution in [0.25, 0.3) is 0 Å². The topological polar surface area (TPSA) is 86.2 Å². The van der Waals surface area contributed by atoms with Crippen LogP contribution < -0.4 is 11.5 Å². The van der Waals surface area contributed by atoms with E-state index in [1.165, 1.54) is 64.2 Å². The van der Waals surface area contributed by atoms with Crippen molar-refractivity contribution in [2.75, 3.05) is 0 Å². The third kappa shape index (κ3) is 13.9. The fourth-order valence-corrected chi connectivity index (χ4v) is 2.82. The van der Waals surface area contributed by atoms with Crippen molar-refractivity contribution in [2.45, 2.75) is 96.8 Å². The van der Waals surface area contributed by atoms with Gasteiger partial charge in [0.2, 0.25) is 11.8 Å². The van der Waals surface area contributed by atoms with Crippen LogP contribution in [0.4, 0.5) is 0 Å². The smallest absolute Gasteiger partial charge is 0.221 e. The maximum atomic E-state index is 11.2. The molecule has 0 aromatic carbocycles. The molecule has 1 atom stereocenters. The largest absolute Gasteiger partial charge is 0.370 e. The number of carbonyl (C=O) groups is 2. The molecule has 0 aliphatic heterocycles. The Hall–Kier alpha value is -1.06. The highest BCUT2D eigenvalue weighted by Gasteiger charge is 2.17. The quantitative estimate of drug-likeness (QED) is 0.421. The first-order valence-electron chi connectivity index (χ1n) is 9.15. The molecule has 0 heterocycles. The summed E-state index contributed by atoms with van der Waals surface area (Å²) in [4.78, 5) is 22.0. The summed E-state index contributed by atoms with van der Waals surface area (Å²) in [5.74, 6) is -1.22. The monoisotopic (exact) mass is 312 g/mol. The van der Waals surface area contributed by atoms with Crippen LogP contribution in [0.15, 0.2) is 0 Å². The van der Waals surface area contributed by atoms with Gasteiger partial charge in [-0.15, -0.1) is 0 Å². The minimum atomic E-state index is -0.442. The van der Waals surface area contributed by atoms with Crippen LogP contribution in [0.2, 0.25) is 0 Å². The molecular weight excluding hydrogens is 276 g/mol. The number of unbranched alkanes of at least 4 members (excludes halogenated alkanes) is 11. The van der Waals surface area contributed by atoms with Crippen LogP contribution in [0.1, 0.15) is 96.8 Å². The van der Waals surface area contributed by atoms with E-state index in [4.69, 9.17) is 11.5 Å². The lowest BCUT2D eigenvalue weighted by Crippen LogP contribution is -2.28. The summed E-state index contributed by atoms with van der Waals surface area (Å²) in [5, 5.41) is 0. The number of nitrogens with two attached hydrogens (primary N) is 2. The molecule has 0 aromatic heterocycles. The zero-order valence-corrected chi connectivity index (χ0v) is 14.4. The molecule has 0 saturated heterocycles. The van der Waals surface area contributed by atoms with Gasteiger partial charge in [-0.05, 0) is 6.42 Å². The van der Waals surface area contributed by atoms with Crippen molar-refractivity contribution in [2.24, 2.45) is 17.4 Å². The highest BCUT2D eigenvalue weighted by atomic mass is 16.2. The van der Waals surface area contributed by atoms with Gasteiger partial charge in [0.15, 0.2) is 0 Å². The van der Waals surface area contributed by atoms with Gasteiger partial charge in [0.25, 0.3) is 0 Å². The van der Waals surface area contributed by atoms with Gasteiger partial charge in [-0.25, -0.2) is 0 Å². The Morgan fingerprint density at radius 3 is 1.50 bits per heavy atom. The third-order valence-electron chi connectivity index (χ3n) is 4.26. The second-order valence-electron chi connectivity index (χ2n) is 6.45. The van der Waals surface area contributed by atoms with E-state index in [0.29, 0.717) is 6.42 Å². The zero-order valence-electron chi connectivity index (χ0n) is 14.4. The Balaban J connectivity index is 3.35. The molecule has 0 saturated carbocycles. The second kappa shape index (κ2) is 14.9. The molecule has 4 heteroatoms. The Kier molecular flexibility index (Phi) is 14.1. The van der Waals surface area contributed by atoms with E-state index in [2.05, 4.69) is 6.92 Å². The van der Waals surface area contributed by atoms with Gasteiger partial charge in [-0.1, -0.05) is 84.0 Å². The van der Waals surface area contributed by atoms with E-state index < -0.39 is 11.8 Å². The molecule has 0 aliphatic carbocycles. The highest BCUT2D eigenvalue weighted by molar-refractivity contribution is 5.83. The fourth-order valence-electron chi connectivity index (χ4n) is 2.82. The average Bonchev–Trinajstić information content (AvgIpc) is 2.46. The standard InChI is InChI=1S/C18H36N2O2/c1-2-3-4-5-6-7-8-9-10-11-12-13-14-16(18(20)22)15-17(19)21/h16H,2-15H2,1H3,(H2,19,21)(H2,20,22). The number of amides is 2. The van der Waals surface area contributed by atoms with E-state index >= 15 is 0 Å². The van der Waals surface area contributed by atoms with Crippen molar-refractivity contribution in [3.05, 3.63) is 0 Å². The van der Waals surface area contributed by atoms with Gasteiger partial charge >= 0.3 is 0 Å². The SMILES string of the molecule is CCCCCCCCCCCCCCC(CC(N)=O)C(N)=O. The van der Waals surface area contributed by atoms with Gasteiger partial charge in [0, 0.05) is 12.3 Å². The molecular formula is C18H36N2O2. The zero-order chi connectivity index (χ0) is 16.6. The van der Waals surface area contributed by atoms with E-state index in [1.54, 1.807) is 0 Å². The number of rotatable bonds is 16. The van der Waals surface area contributed by atoms with E-state index in [0.717, 1.165) is 12.8 Å². The van der Waals surface area contributed by atoms with Crippen molar-refractivity contribution < 1.29 is 9.59 Å². The van der Waals surface area contributed by atoms with Crippen molar-refractivity contribution in [3.8, 4) is 0 Å². The summed E-state index contributed by atoms with van der Waals surface area (Å²) >= 11 is 0. The summed E-state index contributed by atoms with van der Waals surface area (Å²) in [5.41, 5.74) is 10.4. The lowest BCUT2D eigenvalue weighted by Gasteiger charge is -2.10. The molecule has 0 radical (unpaired) electrons. The van der Waals surface area contributed by atoms with Gasteiger partial charge in [0.1, 0.15) is 0 Å². The van der Waals surface area contributed by atoms with Crippen LogP contribution >= 0.6 is 0 Å². The molecule has 0 aliphatic rings.